The first-order chi connectivity index (χ1) is 11.4. The third kappa shape index (κ3) is 1.33. The molecule has 0 radical (unpaired) electrons. The number of thiazole rings is 1. The molecule has 4 heteroatoms. The molecular formula is C19H10N2OS. The molecule has 0 aliphatic carbocycles. The second-order valence-electron chi connectivity index (χ2n) is 5.75. The predicted octanol–water partition coefficient (Wildman–Crippen LogP) is 5.83. The van der Waals surface area contributed by atoms with E-state index in [1.807, 2.05) is 23.7 Å². The number of fused-ring (bicyclic) bond motifs is 10. The van der Waals surface area contributed by atoms with Crippen LogP contribution in [0.1, 0.15) is 0 Å². The maximum absolute atomic E-state index is 6.21. The minimum atomic E-state index is 0.899. The lowest BCUT2D eigenvalue weighted by molar-refractivity contribution is 0.672. The fourth-order valence-electron chi connectivity index (χ4n) is 3.61. The number of aromatic nitrogens is 2. The van der Waals surface area contributed by atoms with E-state index >= 15 is 0 Å². The molecule has 3 heterocycles. The molecule has 23 heavy (non-hydrogen) atoms. The molecule has 0 aliphatic rings. The molecule has 0 saturated heterocycles. The number of H-pyrrole nitrogens is 1. The maximum Gasteiger partial charge on any atom is 0.161 e. The predicted molar refractivity (Wildman–Crippen MR) is 96.3 cm³/mol. The van der Waals surface area contributed by atoms with Crippen LogP contribution in [-0.2, 0) is 0 Å². The molecule has 0 fully saturated rings. The van der Waals surface area contributed by atoms with Gasteiger partial charge in [0.1, 0.15) is 5.58 Å². The van der Waals surface area contributed by atoms with Crippen LogP contribution in [0.3, 0.4) is 0 Å². The molecule has 0 bridgehead atoms. The Labute approximate surface area is 134 Å². The summed E-state index contributed by atoms with van der Waals surface area (Å²) in [6.07, 6.45) is 0. The molecule has 6 aromatic rings. The summed E-state index contributed by atoms with van der Waals surface area (Å²) < 4.78 is 7.43. The summed E-state index contributed by atoms with van der Waals surface area (Å²) in [5.41, 5.74) is 6.96. The van der Waals surface area contributed by atoms with Gasteiger partial charge in [0.05, 0.1) is 26.6 Å². The van der Waals surface area contributed by atoms with Crippen molar-refractivity contribution < 1.29 is 4.42 Å². The quantitative estimate of drug-likeness (QED) is 0.383. The van der Waals surface area contributed by atoms with Crippen molar-refractivity contribution in [2.45, 2.75) is 0 Å². The average molecular weight is 314 g/mol. The molecule has 3 aromatic carbocycles. The molecule has 0 unspecified atom stereocenters. The van der Waals surface area contributed by atoms with Gasteiger partial charge in [-0.15, -0.1) is 11.3 Å². The van der Waals surface area contributed by atoms with Crippen LogP contribution in [0.4, 0.5) is 0 Å². The van der Waals surface area contributed by atoms with Gasteiger partial charge in [0.25, 0.3) is 0 Å². The van der Waals surface area contributed by atoms with Crippen LogP contribution in [-0.4, -0.2) is 9.97 Å². The summed E-state index contributed by atoms with van der Waals surface area (Å²) in [5.74, 6) is 0. The van der Waals surface area contributed by atoms with Gasteiger partial charge < -0.3 is 9.40 Å². The largest absolute Gasteiger partial charge is 0.454 e. The number of furan rings is 1. The van der Waals surface area contributed by atoms with Gasteiger partial charge in [0.15, 0.2) is 5.58 Å². The van der Waals surface area contributed by atoms with Gasteiger partial charge in [-0.05, 0) is 12.1 Å². The SMILES string of the molecule is c1ccc2c(c1)[nH]c1c3oc4ccccc4c3c3ncsc3c21. The van der Waals surface area contributed by atoms with Crippen LogP contribution >= 0.6 is 11.3 Å². The number of benzene rings is 3. The van der Waals surface area contributed by atoms with Crippen LogP contribution in [0.25, 0.3) is 54.0 Å². The van der Waals surface area contributed by atoms with E-state index in [-0.39, 0.29) is 0 Å². The number of hydrogen-bond donors (Lipinski definition) is 1. The van der Waals surface area contributed by atoms with E-state index < -0.39 is 0 Å². The van der Waals surface area contributed by atoms with Crippen LogP contribution in [0.15, 0.2) is 58.5 Å². The lowest BCUT2D eigenvalue weighted by Gasteiger charge is -1.96. The lowest BCUT2D eigenvalue weighted by atomic mass is 10.1. The Morgan fingerprint density at radius 3 is 2.70 bits per heavy atom. The van der Waals surface area contributed by atoms with E-state index in [0.717, 1.165) is 38.5 Å². The highest BCUT2D eigenvalue weighted by atomic mass is 32.1. The smallest absolute Gasteiger partial charge is 0.161 e. The Balaban J connectivity index is 2.07. The summed E-state index contributed by atoms with van der Waals surface area (Å²) in [4.78, 5) is 8.20. The fraction of sp³-hybridized carbons (Fsp3) is 0. The first-order valence-corrected chi connectivity index (χ1v) is 8.36. The number of hydrogen-bond acceptors (Lipinski definition) is 3. The van der Waals surface area contributed by atoms with E-state index in [4.69, 9.17) is 4.42 Å². The molecule has 0 amide bonds. The van der Waals surface area contributed by atoms with Gasteiger partial charge >= 0.3 is 0 Å². The van der Waals surface area contributed by atoms with Gasteiger partial charge in [0, 0.05) is 21.7 Å². The summed E-state index contributed by atoms with van der Waals surface area (Å²) >= 11 is 1.69. The highest BCUT2D eigenvalue weighted by Gasteiger charge is 2.20. The number of rotatable bonds is 0. The molecule has 0 spiro atoms. The molecule has 108 valence electrons. The van der Waals surface area contributed by atoms with E-state index in [1.165, 1.54) is 15.5 Å². The molecule has 0 atom stereocenters. The normalized spacial score (nSPS) is 12.3. The minimum absolute atomic E-state index is 0.899. The van der Waals surface area contributed by atoms with Crippen molar-refractivity contribution in [3.63, 3.8) is 0 Å². The van der Waals surface area contributed by atoms with Gasteiger partial charge in [-0.25, -0.2) is 4.98 Å². The maximum atomic E-state index is 6.21. The molecule has 3 aromatic heterocycles. The van der Waals surface area contributed by atoms with E-state index in [1.54, 1.807) is 11.3 Å². The van der Waals surface area contributed by atoms with Crippen molar-refractivity contribution in [3.05, 3.63) is 54.0 Å². The van der Waals surface area contributed by atoms with Crippen LogP contribution in [0.5, 0.6) is 0 Å². The highest BCUT2D eigenvalue weighted by Crippen LogP contribution is 2.43. The standard InChI is InChI=1S/C19H10N2OS/c1-3-7-12-10(5-1)15-16(21-12)18-14(17-19(15)23-9-20-17)11-6-2-4-8-13(11)22-18/h1-9,21H. The molecule has 1 N–H and O–H groups in total. The third-order valence-electron chi connectivity index (χ3n) is 4.56. The molecular weight excluding hydrogens is 304 g/mol. The molecule has 0 saturated carbocycles. The van der Waals surface area contributed by atoms with Crippen molar-refractivity contribution >= 4 is 65.3 Å². The first kappa shape index (κ1) is 11.7. The van der Waals surface area contributed by atoms with Gasteiger partial charge in [-0.1, -0.05) is 36.4 Å². The summed E-state index contributed by atoms with van der Waals surface area (Å²) in [5, 5.41) is 4.67. The summed E-state index contributed by atoms with van der Waals surface area (Å²) in [6.45, 7) is 0. The van der Waals surface area contributed by atoms with E-state index in [9.17, 15) is 0 Å². The van der Waals surface area contributed by atoms with E-state index in [2.05, 4.69) is 40.3 Å². The average Bonchev–Trinajstić information content (AvgIpc) is 3.28. The van der Waals surface area contributed by atoms with Crippen LogP contribution in [0, 0.1) is 0 Å². The summed E-state index contributed by atoms with van der Waals surface area (Å²) in [7, 11) is 0. The second kappa shape index (κ2) is 3.91. The topological polar surface area (TPSA) is 41.8 Å². The monoisotopic (exact) mass is 314 g/mol. The van der Waals surface area contributed by atoms with Gasteiger partial charge in [-0.3, -0.25) is 0 Å². The van der Waals surface area contributed by atoms with Crippen molar-refractivity contribution in [1.29, 1.82) is 0 Å². The number of para-hydroxylation sites is 2. The first-order valence-electron chi connectivity index (χ1n) is 7.48. The second-order valence-corrected chi connectivity index (χ2v) is 6.61. The Morgan fingerprint density at radius 1 is 0.913 bits per heavy atom. The fourth-order valence-corrected chi connectivity index (χ4v) is 4.47. The van der Waals surface area contributed by atoms with Crippen LogP contribution in [0.2, 0.25) is 0 Å². The van der Waals surface area contributed by atoms with Crippen molar-refractivity contribution in [2.75, 3.05) is 0 Å². The Bertz CT molecular complexity index is 1270. The molecule has 6 rings (SSSR count). The lowest BCUT2D eigenvalue weighted by Crippen LogP contribution is -1.75. The number of nitrogens with zero attached hydrogens (tertiary/aromatic N) is 1. The van der Waals surface area contributed by atoms with Gasteiger partial charge in [0.2, 0.25) is 0 Å². The minimum Gasteiger partial charge on any atom is -0.454 e. The Hall–Kier alpha value is -2.85. The Morgan fingerprint density at radius 2 is 1.74 bits per heavy atom. The van der Waals surface area contributed by atoms with Crippen LogP contribution < -0.4 is 0 Å². The number of aromatic amines is 1. The van der Waals surface area contributed by atoms with Crippen molar-refractivity contribution in [3.8, 4) is 0 Å². The Kier molecular flexibility index (Phi) is 1.99. The summed E-state index contributed by atoms with van der Waals surface area (Å²) in [6, 6.07) is 16.6. The van der Waals surface area contributed by atoms with Crippen molar-refractivity contribution in [1.82, 2.24) is 9.97 Å². The van der Waals surface area contributed by atoms with Gasteiger partial charge in [-0.2, -0.15) is 0 Å². The third-order valence-corrected chi connectivity index (χ3v) is 5.40. The zero-order valence-corrected chi connectivity index (χ0v) is 12.8. The zero-order chi connectivity index (χ0) is 15.0. The molecule has 3 nitrogen and oxygen atoms in total. The van der Waals surface area contributed by atoms with Crippen molar-refractivity contribution in [2.24, 2.45) is 0 Å². The van der Waals surface area contributed by atoms with E-state index in [0.29, 0.717) is 0 Å². The zero-order valence-electron chi connectivity index (χ0n) is 12.0. The highest BCUT2D eigenvalue weighted by molar-refractivity contribution is 7.18. The molecule has 0 aliphatic heterocycles. The number of nitrogens with one attached hydrogen (secondary N) is 1.